The van der Waals surface area contributed by atoms with E-state index in [2.05, 4.69) is 37.0 Å². The molecule has 0 radical (unpaired) electrons. The smallest absolute Gasteiger partial charge is 0.164 e. The lowest BCUT2D eigenvalue weighted by Gasteiger charge is -2.05. The minimum atomic E-state index is -0.556. The van der Waals surface area contributed by atoms with Gasteiger partial charge in [0, 0.05) is 6.20 Å². The van der Waals surface area contributed by atoms with Gasteiger partial charge in [-0.2, -0.15) is 5.26 Å². The van der Waals surface area contributed by atoms with Gasteiger partial charge in [0.05, 0.1) is 14.5 Å². The molecule has 0 fully saturated rings. The van der Waals surface area contributed by atoms with Crippen LogP contribution < -0.4 is 5.73 Å². The van der Waals surface area contributed by atoms with Crippen LogP contribution in [0, 0.1) is 17.1 Å². The molecular weight excluding hydrogens is 355 g/mol. The Morgan fingerprint density at radius 1 is 1.41 bits per heavy atom. The summed E-state index contributed by atoms with van der Waals surface area (Å²) in [5.41, 5.74) is 6.00. The van der Waals surface area contributed by atoms with Crippen molar-refractivity contribution in [1.82, 2.24) is 9.78 Å². The number of nitriles is 1. The van der Waals surface area contributed by atoms with Gasteiger partial charge in [-0.15, -0.1) is 5.10 Å². The summed E-state index contributed by atoms with van der Waals surface area (Å²) in [4.78, 5) is 0. The summed E-state index contributed by atoms with van der Waals surface area (Å²) in [6.07, 6.45) is 1.55. The van der Waals surface area contributed by atoms with Crippen LogP contribution in [0.4, 0.5) is 10.2 Å². The Balaban J connectivity index is 2.62. The molecule has 2 aromatic rings. The van der Waals surface area contributed by atoms with E-state index in [9.17, 15) is 4.39 Å². The molecule has 4 nitrogen and oxygen atoms in total. The Morgan fingerprint density at radius 3 is 2.65 bits per heavy atom. The molecule has 17 heavy (non-hydrogen) atoms. The van der Waals surface area contributed by atoms with Crippen molar-refractivity contribution in [2.24, 2.45) is 0 Å². The zero-order chi connectivity index (χ0) is 12.6. The predicted octanol–water partition coefficient (Wildman–Crippen LogP) is 2.99. The van der Waals surface area contributed by atoms with Gasteiger partial charge in [0.25, 0.3) is 0 Å². The van der Waals surface area contributed by atoms with E-state index in [0.717, 1.165) is 0 Å². The molecule has 0 spiro atoms. The van der Waals surface area contributed by atoms with Gasteiger partial charge in [-0.3, -0.25) is 0 Å². The summed E-state index contributed by atoms with van der Waals surface area (Å²) in [6, 6.07) is 4.86. The van der Waals surface area contributed by atoms with Crippen LogP contribution in [0.1, 0.15) is 5.56 Å². The molecule has 0 bridgehead atoms. The van der Waals surface area contributed by atoms with E-state index in [4.69, 9.17) is 11.0 Å². The second kappa shape index (κ2) is 4.47. The third-order valence-corrected chi connectivity index (χ3v) is 3.51. The monoisotopic (exact) mass is 358 g/mol. The molecule has 2 N–H and O–H groups in total. The van der Waals surface area contributed by atoms with E-state index in [-0.39, 0.29) is 21.5 Å². The van der Waals surface area contributed by atoms with Gasteiger partial charge in [0.1, 0.15) is 11.8 Å². The predicted molar refractivity (Wildman–Crippen MR) is 68.0 cm³/mol. The maximum absolute atomic E-state index is 14.0. The molecule has 0 amide bonds. The number of halogens is 3. The SMILES string of the molecule is N#Cc1ccc(-n2cc(Br)c(N)n2)c(F)c1Br. The van der Waals surface area contributed by atoms with E-state index in [1.807, 2.05) is 6.07 Å². The molecule has 0 saturated heterocycles. The average molecular weight is 360 g/mol. The summed E-state index contributed by atoms with van der Waals surface area (Å²) in [7, 11) is 0. The molecule has 0 aliphatic carbocycles. The summed E-state index contributed by atoms with van der Waals surface area (Å²) in [5, 5.41) is 12.7. The van der Waals surface area contributed by atoms with Gasteiger partial charge in [0.15, 0.2) is 11.6 Å². The highest BCUT2D eigenvalue weighted by Gasteiger charge is 2.14. The topological polar surface area (TPSA) is 67.6 Å². The highest BCUT2D eigenvalue weighted by Crippen LogP contribution is 2.27. The summed E-state index contributed by atoms with van der Waals surface area (Å²) in [5.74, 6) is -0.288. The van der Waals surface area contributed by atoms with Crippen LogP contribution in [0.5, 0.6) is 0 Å². The van der Waals surface area contributed by atoms with E-state index in [0.29, 0.717) is 4.47 Å². The summed E-state index contributed by atoms with van der Waals surface area (Å²) >= 11 is 6.22. The quantitative estimate of drug-likeness (QED) is 0.851. The van der Waals surface area contributed by atoms with Crippen molar-refractivity contribution >= 4 is 37.7 Å². The van der Waals surface area contributed by atoms with E-state index in [1.54, 1.807) is 6.20 Å². The molecule has 0 saturated carbocycles. The van der Waals surface area contributed by atoms with Gasteiger partial charge in [-0.1, -0.05) is 0 Å². The van der Waals surface area contributed by atoms with Gasteiger partial charge >= 0.3 is 0 Å². The Labute approximate surface area is 113 Å². The van der Waals surface area contributed by atoms with Crippen molar-refractivity contribution in [3.63, 3.8) is 0 Å². The van der Waals surface area contributed by atoms with Crippen molar-refractivity contribution in [2.75, 3.05) is 5.73 Å². The largest absolute Gasteiger partial charge is 0.381 e. The Hall–Kier alpha value is -1.39. The number of rotatable bonds is 1. The van der Waals surface area contributed by atoms with E-state index >= 15 is 0 Å². The number of benzene rings is 1. The number of nitrogens with two attached hydrogens (primary N) is 1. The van der Waals surface area contributed by atoms with E-state index < -0.39 is 5.82 Å². The zero-order valence-corrected chi connectivity index (χ0v) is 11.5. The highest BCUT2D eigenvalue weighted by molar-refractivity contribution is 9.11. The first kappa shape index (κ1) is 12.1. The van der Waals surface area contributed by atoms with Gasteiger partial charge < -0.3 is 5.73 Å². The van der Waals surface area contributed by atoms with E-state index in [1.165, 1.54) is 16.8 Å². The maximum Gasteiger partial charge on any atom is 0.164 e. The molecule has 86 valence electrons. The molecule has 7 heteroatoms. The fraction of sp³-hybridized carbons (Fsp3) is 0. The minimum absolute atomic E-state index is 0.114. The highest BCUT2D eigenvalue weighted by atomic mass is 79.9. The Bertz CT molecular complexity index is 610. The molecule has 0 aliphatic rings. The van der Waals surface area contributed by atoms with Crippen LogP contribution in [-0.2, 0) is 0 Å². The molecule has 1 heterocycles. The fourth-order valence-corrected chi connectivity index (χ4v) is 1.99. The average Bonchev–Trinajstić information content (AvgIpc) is 2.63. The lowest BCUT2D eigenvalue weighted by Crippen LogP contribution is -2.01. The van der Waals surface area contributed by atoms with Crippen LogP contribution in [0.3, 0.4) is 0 Å². The van der Waals surface area contributed by atoms with Crippen LogP contribution >= 0.6 is 31.9 Å². The second-order valence-corrected chi connectivity index (χ2v) is 4.83. The molecule has 0 aliphatic heterocycles. The molecule has 1 aromatic heterocycles. The van der Waals surface area contributed by atoms with Gasteiger partial charge in [-0.25, -0.2) is 9.07 Å². The Morgan fingerprint density at radius 2 is 2.12 bits per heavy atom. The van der Waals surface area contributed by atoms with Crippen LogP contribution in [-0.4, -0.2) is 9.78 Å². The number of hydrogen-bond acceptors (Lipinski definition) is 3. The minimum Gasteiger partial charge on any atom is -0.381 e. The zero-order valence-electron chi connectivity index (χ0n) is 8.28. The first-order valence-electron chi connectivity index (χ1n) is 4.43. The molecule has 1 aromatic carbocycles. The van der Waals surface area contributed by atoms with Crippen LogP contribution in [0.2, 0.25) is 0 Å². The number of nitrogen functional groups attached to an aromatic ring is 1. The van der Waals surface area contributed by atoms with Crippen molar-refractivity contribution in [1.29, 1.82) is 5.26 Å². The second-order valence-electron chi connectivity index (χ2n) is 3.18. The molecule has 0 atom stereocenters. The fourth-order valence-electron chi connectivity index (χ4n) is 1.29. The number of aromatic nitrogens is 2. The molecule has 2 rings (SSSR count). The number of anilines is 1. The van der Waals surface area contributed by atoms with Crippen molar-refractivity contribution in [3.05, 3.63) is 38.7 Å². The number of nitrogens with zero attached hydrogens (tertiary/aromatic N) is 3. The third-order valence-electron chi connectivity index (χ3n) is 2.12. The molecule has 0 unspecified atom stereocenters. The standard InChI is InChI=1S/C10H5Br2FN4/c11-6-4-17(16-10(6)15)7-2-1-5(3-14)8(12)9(7)13/h1-2,4H,(H2,15,16). The lowest BCUT2D eigenvalue weighted by atomic mass is 10.2. The lowest BCUT2D eigenvalue weighted by molar-refractivity contribution is 0.604. The van der Waals surface area contributed by atoms with Gasteiger partial charge in [-0.05, 0) is 44.0 Å². The third kappa shape index (κ3) is 2.06. The number of hydrogen-bond donors (Lipinski definition) is 1. The van der Waals surface area contributed by atoms with Crippen molar-refractivity contribution in [3.8, 4) is 11.8 Å². The van der Waals surface area contributed by atoms with Crippen molar-refractivity contribution < 1.29 is 4.39 Å². The van der Waals surface area contributed by atoms with Gasteiger partial charge in [0.2, 0.25) is 0 Å². The van der Waals surface area contributed by atoms with Crippen LogP contribution in [0.15, 0.2) is 27.3 Å². The van der Waals surface area contributed by atoms with Crippen LogP contribution in [0.25, 0.3) is 5.69 Å². The summed E-state index contributed by atoms with van der Waals surface area (Å²) in [6.45, 7) is 0. The summed E-state index contributed by atoms with van der Waals surface area (Å²) < 4.78 is 16.0. The Kier molecular flexibility index (Phi) is 3.17. The maximum atomic E-state index is 14.0. The first-order chi connectivity index (χ1) is 8.04. The normalized spacial score (nSPS) is 10.2. The first-order valence-corrected chi connectivity index (χ1v) is 6.02. The molecular formula is C10H5Br2FN4. The van der Waals surface area contributed by atoms with Crippen molar-refractivity contribution in [2.45, 2.75) is 0 Å².